The molecule has 43 heavy (non-hydrogen) atoms. The zero-order valence-corrected chi connectivity index (χ0v) is 25.3. The van der Waals surface area contributed by atoms with E-state index in [0.29, 0.717) is 35.5 Å². The number of hydrogen-bond donors (Lipinski definition) is 2. The van der Waals surface area contributed by atoms with Crippen LogP contribution < -0.4 is 10.0 Å². The number of aromatic nitrogens is 6. The number of nitrogens with one attached hydrogen (secondary N) is 2. The van der Waals surface area contributed by atoms with Gasteiger partial charge in [-0.15, -0.1) is 5.10 Å². The molecule has 0 atom stereocenters. The molecule has 1 aromatic carbocycles. The average molecular weight is 598 g/mol. The summed E-state index contributed by atoms with van der Waals surface area (Å²) in [4.78, 5) is 11.9. The van der Waals surface area contributed by atoms with Gasteiger partial charge in [0.15, 0.2) is 5.82 Å². The number of nitrogens with zero attached hydrogens (tertiary/aromatic N) is 7. The van der Waals surface area contributed by atoms with E-state index >= 15 is 0 Å². The molecule has 1 fully saturated rings. The third-order valence-electron chi connectivity index (χ3n) is 7.57. The largest absolute Gasteiger partial charge is 0.323 e. The number of benzene rings is 1. The van der Waals surface area contributed by atoms with Crippen molar-refractivity contribution in [1.29, 1.82) is 0 Å². The van der Waals surface area contributed by atoms with Gasteiger partial charge in [-0.1, -0.05) is 31.5 Å². The summed E-state index contributed by atoms with van der Waals surface area (Å²) in [5.41, 5.74) is 5.63. The molecular formula is C31H35N9O2S. The lowest BCUT2D eigenvalue weighted by Crippen LogP contribution is -2.59. The van der Waals surface area contributed by atoms with E-state index in [0.717, 1.165) is 52.8 Å². The first-order valence-electron chi connectivity index (χ1n) is 14.4. The van der Waals surface area contributed by atoms with Crippen molar-refractivity contribution in [3.63, 3.8) is 0 Å². The van der Waals surface area contributed by atoms with Crippen molar-refractivity contribution in [1.82, 2.24) is 39.6 Å². The summed E-state index contributed by atoms with van der Waals surface area (Å²) in [7, 11) is -3.49. The first-order valence-corrected chi connectivity index (χ1v) is 15.9. The van der Waals surface area contributed by atoms with Crippen molar-refractivity contribution in [3.8, 4) is 11.1 Å². The lowest BCUT2D eigenvalue weighted by atomic mass is 10.1. The fourth-order valence-corrected chi connectivity index (χ4v) is 6.27. The van der Waals surface area contributed by atoms with Crippen molar-refractivity contribution in [3.05, 3.63) is 84.4 Å². The Bertz CT molecular complexity index is 1830. The molecule has 222 valence electrons. The maximum atomic E-state index is 12.6. The van der Waals surface area contributed by atoms with E-state index in [-0.39, 0.29) is 6.04 Å². The van der Waals surface area contributed by atoms with Gasteiger partial charge in [-0.25, -0.2) is 18.1 Å². The van der Waals surface area contributed by atoms with Crippen LogP contribution >= 0.6 is 0 Å². The molecule has 2 N–H and O–H groups in total. The van der Waals surface area contributed by atoms with E-state index in [1.165, 1.54) is 0 Å². The number of sulfonamides is 1. The molecule has 0 saturated carbocycles. The molecule has 12 heteroatoms. The van der Waals surface area contributed by atoms with Gasteiger partial charge in [0.1, 0.15) is 5.82 Å². The molecule has 0 unspecified atom stereocenters. The van der Waals surface area contributed by atoms with Crippen LogP contribution in [0.3, 0.4) is 0 Å². The molecule has 1 aliphatic heterocycles. The molecule has 1 saturated heterocycles. The van der Waals surface area contributed by atoms with E-state index in [9.17, 15) is 8.42 Å². The molecule has 0 radical (unpaired) electrons. The van der Waals surface area contributed by atoms with E-state index in [1.807, 2.05) is 66.6 Å². The van der Waals surface area contributed by atoms with Gasteiger partial charge in [-0.3, -0.25) is 14.6 Å². The highest BCUT2D eigenvalue weighted by Crippen LogP contribution is 2.24. The third-order valence-corrected chi connectivity index (χ3v) is 9.11. The Morgan fingerprint density at radius 3 is 2.53 bits per heavy atom. The summed E-state index contributed by atoms with van der Waals surface area (Å²) in [5, 5.41) is 16.1. The Hall–Kier alpha value is -4.26. The minimum atomic E-state index is -3.49. The van der Waals surface area contributed by atoms with Gasteiger partial charge < -0.3 is 5.32 Å². The van der Waals surface area contributed by atoms with Crippen LogP contribution in [0.5, 0.6) is 0 Å². The van der Waals surface area contributed by atoms with E-state index in [4.69, 9.17) is 4.98 Å². The minimum Gasteiger partial charge on any atom is -0.323 e. The van der Waals surface area contributed by atoms with Crippen LogP contribution in [0.2, 0.25) is 0 Å². The maximum Gasteiger partial charge on any atom is 0.240 e. The summed E-state index contributed by atoms with van der Waals surface area (Å²) in [6.07, 6.45) is 8.39. The summed E-state index contributed by atoms with van der Waals surface area (Å²) < 4.78 is 30.0. The van der Waals surface area contributed by atoms with E-state index in [2.05, 4.69) is 49.1 Å². The molecular weight excluding hydrogens is 562 g/mol. The Balaban J connectivity index is 1.01. The average Bonchev–Trinajstić information content (AvgIpc) is 3.45. The Morgan fingerprint density at radius 1 is 0.930 bits per heavy atom. The number of hydrogen-bond acceptors (Lipinski definition) is 9. The van der Waals surface area contributed by atoms with Gasteiger partial charge >= 0.3 is 0 Å². The van der Waals surface area contributed by atoms with Crippen LogP contribution in [0.4, 0.5) is 11.6 Å². The second kappa shape index (κ2) is 12.2. The zero-order chi connectivity index (χ0) is 30.0. The predicted molar refractivity (Wildman–Crippen MR) is 167 cm³/mol. The number of aryl methyl sites for hydroxylation is 2. The van der Waals surface area contributed by atoms with Crippen molar-refractivity contribution < 1.29 is 8.42 Å². The SMILES string of the molecule is Cc1ccc(S(=O)(=O)NC2CN(CCCn3cc(-c4cnc5ccc(Nc6cc(C(C)C)cnn6)nc5c4)cn3)C2)cc1. The lowest BCUT2D eigenvalue weighted by molar-refractivity contribution is 0.137. The second-order valence-electron chi connectivity index (χ2n) is 11.3. The van der Waals surface area contributed by atoms with Gasteiger partial charge in [0.2, 0.25) is 10.0 Å². The molecule has 0 amide bonds. The van der Waals surface area contributed by atoms with Crippen LogP contribution in [0.15, 0.2) is 78.2 Å². The van der Waals surface area contributed by atoms with Crippen LogP contribution in [0.25, 0.3) is 22.2 Å². The van der Waals surface area contributed by atoms with Crippen LogP contribution in [0.1, 0.15) is 37.3 Å². The molecule has 5 aromatic rings. The van der Waals surface area contributed by atoms with E-state index < -0.39 is 10.0 Å². The summed E-state index contributed by atoms with van der Waals surface area (Å²) in [6, 6.07) is 14.7. The van der Waals surface area contributed by atoms with Gasteiger partial charge in [0, 0.05) is 55.7 Å². The first kappa shape index (κ1) is 28.8. The summed E-state index contributed by atoms with van der Waals surface area (Å²) >= 11 is 0. The number of anilines is 2. The zero-order valence-electron chi connectivity index (χ0n) is 24.5. The monoisotopic (exact) mass is 597 g/mol. The fraction of sp³-hybridized carbons (Fsp3) is 0.323. The standard InChI is InChI=1S/C31H35N9O2S/c1-21(2)23-14-31(37-33-16-23)36-30-10-9-28-29(35-30)13-24(15-32-28)25-17-34-40(18-25)12-4-11-39-19-26(20-39)38-43(41,42)27-7-5-22(3)6-8-27/h5-10,13-18,21,26,38H,4,11-12,19-20H2,1-3H3,(H,35,36,37). The number of rotatable bonds is 11. The number of pyridine rings is 2. The first-order chi connectivity index (χ1) is 20.7. The predicted octanol–water partition coefficient (Wildman–Crippen LogP) is 4.51. The Kier molecular flexibility index (Phi) is 8.15. The Labute approximate surface area is 251 Å². The quantitative estimate of drug-likeness (QED) is 0.226. The molecule has 11 nitrogen and oxygen atoms in total. The van der Waals surface area contributed by atoms with Gasteiger partial charge in [-0.05, 0) is 61.2 Å². The van der Waals surface area contributed by atoms with Crippen LogP contribution in [-0.4, -0.2) is 68.9 Å². The third kappa shape index (κ3) is 6.87. The van der Waals surface area contributed by atoms with Crippen LogP contribution in [-0.2, 0) is 16.6 Å². The fourth-order valence-electron chi connectivity index (χ4n) is 5.05. The van der Waals surface area contributed by atoms with E-state index in [1.54, 1.807) is 18.3 Å². The van der Waals surface area contributed by atoms with Crippen molar-refractivity contribution in [2.45, 2.75) is 50.6 Å². The second-order valence-corrected chi connectivity index (χ2v) is 13.1. The highest BCUT2D eigenvalue weighted by Gasteiger charge is 2.30. The van der Waals surface area contributed by atoms with Crippen molar-refractivity contribution in [2.75, 3.05) is 25.0 Å². The molecule has 4 aromatic heterocycles. The topological polar surface area (TPSA) is 131 Å². The summed E-state index contributed by atoms with van der Waals surface area (Å²) in [5.74, 6) is 1.68. The highest BCUT2D eigenvalue weighted by atomic mass is 32.2. The van der Waals surface area contributed by atoms with Gasteiger partial charge in [0.25, 0.3) is 0 Å². The van der Waals surface area contributed by atoms with Crippen LogP contribution in [0, 0.1) is 6.92 Å². The normalized spacial score (nSPS) is 14.3. The molecule has 5 heterocycles. The molecule has 0 bridgehead atoms. The lowest BCUT2D eigenvalue weighted by Gasteiger charge is -2.39. The highest BCUT2D eigenvalue weighted by molar-refractivity contribution is 7.89. The smallest absolute Gasteiger partial charge is 0.240 e. The summed E-state index contributed by atoms with van der Waals surface area (Å²) in [6.45, 7) is 9.23. The minimum absolute atomic E-state index is 0.0644. The van der Waals surface area contributed by atoms with Gasteiger partial charge in [0.05, 0.1) is 28.3 Å². The Morgan fingerprint density at radius 2 is 1.74 bits per heavy atom. The number of fused-ring (bicyclic) bond motifs is 1. The molecule has 0 aliphatic carbocycles. The van der Waals surface area contributed by atoms with Gasteiger partial charge in [-0.2, -0.15) is 10.2 Å². The molecule has 1 aliphatic rings. The maximum absolute atomic E-state index is 12.6. The van der Waals surface area contributed by atoms with Crippen molar-refractivity contribution in [2.24, 2.45) is 0 Å². The number of likely N-dealkylation sites (tertiary alicyclic amines) is 1. The van der Waals surface area contributed by atoms with Crippen molar-refractivity contribution >= 4 is 32.7 Å². The molecule has 0 spiro atoms. The molecule has 6 rings (SSSR count).